The number of aromatic nitrogens is 1. The minimum atomic E-state index is 0.533. The van der Waals surface area contributed by atoms with Gasteiger partial charge in [0.1, 0.15) is 5.82 Å². The van der Waals surface area contributed by atoms with Crippen molar-refractivity contribution in [1.82, 2.24) is 10.3 Å². The Morgan fingerprint density at radius 1 is 1.40 bits per heavy atom. The van der Waals surface area contributed by atoms with E-state index in [1.807, 2.05) is 6.20 Å². The zero-order valence-electron chi connectivity index (χ0n) is 9.47. The Balaban J connectivity index is 2.37. The highest BCUT2D eigenvalue weighted by Crippen LogP contribution is 2.16. The summed E-state index contributed by atoms with van der Waals surface area (Å²) in [5.74, 6) is 0.962. The summed E-state index contributed by atoms with van der Waals surface area (Å²) in [4.78, 5) is 4.31. The van der Waals surface area contributed by atoms with Gasteiger partial charge in [-0.15, -0.1) is 0 Å². The summed E-state index contributed by atoms with van der Waals surface area (Å²) in [5, 5.41) is 6.65. The molecule has 1 aromatic rings. The number of nitrogens with zero attached hydrogens (tertiary/aromatic N) is 1. The van der Waals surface area contributed by atoms with Crippen LogP contribution in [0.3, 0.4) is 0 Å². The maximum absolute atomic E-state index is 4.31. The number of rotatable bonds is 5. The maximum atomic E-state index is 4.31. The van der Waals surface area contributed by atoms with Gasteiger partial charge in [-0.1, -0.05) is 13.8 Å². The lowest BCUT2D eigenvalue weighted by Gasteiger charge is -2.11. The van der Waals surface area contributed by atoms with Gasteiger partial charge in [0, 0.05) is 29.8 Å². The molecule has 0 unspecified atom stereocenters. The fraction of sp³-hybridized carbons (Fsp3) is 0.545. The molecule has 15 heavy (non-hydrogen) atoms. The van der Waals surface area contributed by atoms with Gasteiger partial charge in [0.15, 0.2) is 0 Å². The summed E-state index contributed by atoms with van der Waals surface area (Å²) in [6.45, 7) is 8.19. The normalized spacial score (nSPS) is 10.7. The van der Waals surface area contributed by atoms with E-state index in [9.17, 15) is 0 Å². The number of halogens is 1. The molecule has 0 aliphatic rings. The zero-order chi connectivity index (χ0) is 11.3. The third kappa shape index (κ3) is 4.62. The van der Waals surface area contributed by atoms with Crippen molar-refractivity contribution in [2.45, 2.75) is 26.8 Å². The van der Waals surface area contributed by atoms with Crippen LogP contribution in [0.2, 0.25) is 0 Å². The number of hydrogen-bond acceptors (Lipinski definition) is 3. The largest absolute Gasteiger partial charge is 0.369 e. The average Bonchev–Trinajstić information content (AvgIpc) is 2.14. The standard InChI is InChI=1S/C11H18BrN3/c1-8(2)13-4-5-14-11-9(3)6-10(12)7-15-11/h6-8,13H,4-5H2,1-3H3,(H,14,15). The minimum absolute atomic E-state index is 0.533. The molecule has 4 heteroatoms. The second-order valence-corrected chi connectivity index (χ2v) is 4.77. The van der Waals surface area contributed by atoms with Gasteiger partial charge in [0.25, 0.3) is 0 Å². The van der Waals surface area contributed by atoms with Gasteiger partial charge in [-0.2, -0.15) is 0 Å². The van der Waals surface area contributed by atoms with E-state index in [4.69, 9.17) is 0 Å². The fourth-order valence-corrected chi connectivity index (χ4v) is 1.71. The third-order valence-corrected chi connectivity index (χ3v) is 2.45. The number of anilines is 1. The molecule has 0 aliphatic carbocycles. The Hall–Kier alpha value is -0.610. The van der Waals surface area contributed by atoms with Crippen LogP contribution < -0.4 is 10.6 Å². The van der Waals surface area contributed by atoms with Crippen LogP contribution in [0.15, 0.2) is 16.7 Å². The fourth-order valence-electron chi connectivity index (χ4n) is 1.27. The first-order valence-electron chi connectivity index (χ1n) is 5.19. The monoisotopic (exact) mass is 271 g/mol. The van der Waals surface area contributed by atoms with Crippen LogP contribution in [-0.4, -0.2) is 24.1 Å². The smallest absolute Gasteiger partial charge is 0.128 e. The second kappa shape index (κ2) is 6.08. The van der Waals surface area contributed by atoms with E-state index in [0.29, 0.717) is 6.04 Å². The molecule has 0 bridgehead atoms. The molecule has 0 spiro atoms. The van der Waals surface area contributed by atoms with Crippen molar-refractivity contribution in [3.8, 4) is 0 Å². The van der Waals surface area contributed by atoms with E-state index >= 15 is 0 Å². The molecular formula is C11H18BrN3. The molecule has 0 radical (unpaired) electrons. The van der Waals surface area contributed by atoms with Gasteiger partial charge in [-0.3, -0.25) is 0 Å². The van der Waals surface area contributed by atoms with E-state index in [1.54, 1.807) is 0 Å². The van der Waals surface area contributed by atoms with Gasteiger partial charge in [-0.25, -0.2) is 4.98 Å². The Morgan fingerprint density at radius 3 is 2.73 bits per heavy atom. The van der Waals surface area contributed by atoms with Crippen molar-refractivity contribution in [1.29, 1.82) is 0 Å². The Morgan fingerprint density at radius 2 is 2.13 bits per heavy atom. The third-order valence-electron chi connectivity index (χ3n) is 2.01. The van der Waals surface area contributed by atoms with Crippen molar-refractivity contribution in [3.05, 3.63) is 22.3 Å². The molecule has 1 rings (SSSR count). The van der Waals surface area contributed by atoms with E-state index in [0.717, 1.165) is 28.9 Å². The van der Waals surface area contributed by atoms with E-state index < -0.39 is 0 Å². The van der Waals surface area contributed by atoms with Crippen LogP contribution in [0.5, 0.6) is 0 Å². The van der Waals surface area contributed by atoms with Crippen molar-refractivity contribution in [2.24, 2.45) is 0 Å². The molecule has 0 aromatic carbocycles. The Bertz CT molecular complexity index is 313. The summed E-state index contributed by atoms with van der Waals surface area (Å²) < 4.78 is 1.02. The molecule has 3 nitrogen and oxygen atoms in total. The van der Waals surface area contributed by atoms with Crippen LogP contribution in [0.25, 0.3) is 0 Å². The summed E-state index contributed by atoms with van der Waals surface area (Å²) in [6, 6.07) is 2.59. The average molecular weight is 272 g/mol. The minimum Gasteiger partial charge on any atom is -0.369 e. The second-order valence-electron chi connectivity index (χ2n) is 3.85. The van der Waals surface area contributed by atoms with Crippen molar-refractivity contribution >= 4 is 21.7 Å². The van der Waals surface area contributed by atoms with Gasteiger partial charge in [0.2, 0.25) is 0 Å². The highest BCUT2D eigenvalue weighted by molar-refractivity contribution is 9.10. The summed E-state index contributed by atoms with van der Waals surface area (Å²) in [7, 11) is 0. The van der Waals surface area contributed by atoms with Crippen molar-refractivity contribution in [3.63, 3.8) is 0 Å². The van der Waals surface area contributed by atoms with Crippen LogP contribution in [0.4, 0.5) is 5.82 Å². The zero-order valence-corrected chi connectivity index (χ0v) is 11.1. The van der Waals surface area contributed by atoms with Crippen molar-refractivity contribution in [2.75, 3.05) is 18.4 Å². The Kier molecular flexibility index (Phi) is 5.05. The quantitative estimate of drug-likeness (QED) is 0.809. The highest BCUT2D eigenvalue weighted by atomic mass is 79.9. The Labute approximate surface area is 99.8 Å². The number of nitrogens with one attached hydrogen (secondary N) is 2. The predicted octanol–water partition coefficient (Wildman–Crippen LogP) is 2.56. The molecule has 0 atom stereocenters. The first-order valence-corrected chi connectivity index (χ1v) is 5.98. The first-order chi connectivity index (χ1) is 7.09. The number of pyridine rings is 1. The molecule has 1 heterocycles. The lowest BCUT2D eigenvalue weighted by atomic mass is 10.3. The topological polar surface area (TPSA) is 37.0 Å². The highest BCUT2D eigenvalue weighted by Gasteiger charge is 1.99. The summed E-state index contributed by atoms with van der Waals surface area (Å²) in [6.07, 6.45) is 1.81. The maximum Gasteiger partial charge on any atom is 0.128 e. The van der Waals surface area contributed by atoms with Crippen molar-refractivity contribution < 1.29 is 0 Å². The molecule has 0 saturated heterocycles. The molecular weight excluding hydrogens is 254 g/mol. The predicted molar refractivity (Wildman–Crippen MR) is 68.3 cm³/mol. The molecule has 0 amide bonds. The SMILES string of the molecule is Cc1cc(Br)cnc1NCCNC(C)C. The summed E-state index contributed by atoms with van der Waals surface area (Å²) in [5.41, 5.74) is 1.16. The van der Waals surface area contributed by atoms with Gasteiger partial charge < -0.3 is 10.6 Å². The van der Waals surface area contributed by atoms with E-state index in [2.05, 4.69) is 58.4 Å². The van der Waals surface area contributed by atoms with Gasteiger partial charge >= 0.3 is 0 Å². The lowest BCUT2D eigenvalue weighted by Crippen LogP contribution is -2.28. The van der Waals surface area contributed by atoms with E-state index in [-0.39, 0.29) is 0 Å². The van der Waals surface area contributed by atoms with Gasteiger partial charge in [-0.05, 0) is 34.5 Å². The number of aryl methyl sites for hydroxylation is 1. The first kappa shape index (κ1) is 12.5. The summed E-state index contributed by atoms with van der Waals surface area (Å²) >= 11 is 3.39. The number of hydrogen-bond donors (Lipinski definition) is 2. The molecule has 0 fully saturated rings. The van der Waals surface area contributed by atoms with Crippen LogP contribution in [0, 0.1) is 6.92 Å². The van der Waals surface area contributed by atoms with Crippen LogP contribution in [-0.2, 0) is 0 Å². The lowest BCUT2D eigenvalue weighted by molar-refractivity contribution is 0.602. The van der Waals surface area contributed by atoms with E-state index in [1.165, 1.54) is 0 Å². The molecule has 84 valence electrons. The van der Waals surface area contributed by atoms with Crippen LogP contribution in [0.1, 0.15) is 19.4 Å². The molecule has 2 N–H and O–H groups in total. The van der Waals surface area contributed by atoms with Crippen LogP contribution >= 0.6 is 15.9 Å². The molecule has 0 aliphatic heterocycles. The molecule has 0 saturated carbocycles. The molecule has 1 aromatic heterocycles. The van der Waals surface area contributed by atoms with Gasteiger partial charge in [0.05, 0.1) is 0 Å².